The number of para-hydroxylation sites is 1. The highest BCUT2D eigenvalue weighted by Crippen LogP contribution is 2.21. The van der Waals surface area contributed by atoms with E-state index >= 15 is 0 Å². The SMILES string of the molecule is O=C(Cn1ccc2ccc(Br)cc21)N[C@@H](Cc1c[nH]c2ccccc12)C(=O)O. The quantitative estimate of drug-likeness (QED) is 0.428. The number of nitrogens with one attached hydrogen (secondary N) is 2. The molecule has 0 bridgehead atoms. The van der Waals surface area contributed by atoms with Gasteiger partial charge < -0.3 is 20.0 Å². The first-order chi connectivity index (χ1) is 13.5. The largest absolute Gasteiger partial charge is 0.480 e. The second kappa shape index (κ2) is 7.52. The summed E-state index contributed by atoms with van der Waals surface area (Å²) in [6.45, 7) is 0.0532. The Morgan fingerprint density at radius 3 is 2.82 bits per heavy atom. The van der Waals surface area contributed by atoms with Crippen LogP contribution in [0.15, 0.2) is 65.4 Å². The molecule has 0 aliphatic rings. The molecule has 7 heteroatoms. The van der Waals surface area contributed by atoms with Gasteiger partial charge in [0, 0.05) is 39.7 Å². The van der Waals surface area contributed by atoms with Gasteiger partial charge in [0.15, 0.2) is 0 Å². The number of aromatic amines is 1. The van der Waals surface area contributed by atoms with Crippen molar-refractivity contribution < 1.29 is 14.7 Å². The van der Waals surface area contributed by atoms with E-state index in [1.54, 1.807) is 10.8 Å². The molecule has 2 aromatic carbocycles. The number of carbonyl (C=O) groups excluding carboxylic acids is 1. The normalized spacial score (nSPS) is 12.3. The minimum absolute atomic E-state index is 0.0532. The number of hydrogen-bond acceptors (Lipinski definition) is 2. The van der Waals surface area contributed by atoms with Gasteiger partial charge in [0.25, 0.3) is 0 Å². The second-order valence-corrected chi connectivity index (χ2v) is 7.58. The van der Waals surface area contributed by atoms with Gasteiger partial charge in [-0.15, -0.1) is 0 Å². The fraction of sp³-hybridized carbons (Fsp3) is 0.143. The average molecular weight is 440 g/mol. The van der Waals surface area contributed by atoms with E-state index in [4.69, 9.17) is 0 Å². The molecule has 0 unspecified atom stereocenters. The maximum absolute atomic E-state index is 12.5. The lowest BCUT2D eigenvalue weighted by atomic mass is 10.0. The fourth-order valence-corrected chi connectivity index (χ4v) is 3.76. The number of H-pyrrole nitrogens is 1. The molecule has 0 spiro atoms. The number of benzene rings is 2. The molecule has 28 heavy (non-hydrogen) atoms. The summed E-state index contributed by atoms with van der Waals surface area (Å²) in [7, 11) is 0. The summed E-state index contributed by atoms with van der Waals surface area (Å²) in [4.78, 5) is 27.4. The zero-order chi connectivity index (χ0) is 19.7. The lowest BCUT2D eigenvalue weighted by Gasteiger charge is -2.15. The molecular formula is C21H18BrN3O3. The van der Waals surface area contributed by atoms with Gasteiger partial charge in [-0.3, -0.25) is 4.79 Å². The molecule has 0 saturated carbocycles. The van der Waals surface area contributed by atoms with Crippen molar-refractivity contribution in [2.45, 2.75) is 19.0 Å². The lowest BCUT2D eigenvalue weighted by Crippen LogP contribution is -2.43. The number of hydrogen-bond donors (Lipinski definition) is 3. The van der Waals surface area contributed by atoms with Crippen LogP contribution in [-0.4, -0.2) is 32.6 Å². The number of aliphatic carboxylic acids is 1. The number of amides is 1. The molecule has 2 aromatic heterocycles. The van der Waals surface area contributed by atoms with Crippen LogP contribution in [0.2, 0.25) is 0 Å². The Morgan fingerprint density at radius 1 is 1.18 bits per heavy atom. The molecule has 2 heterocycles. The predicted octanol–water partition coefficient (Wildman–Crippen LogP) is 3.70. The van der Waals surface area contributed by atoms with Crippen molar-refractivity contribution in [2.75, 3.05) is 0 Å². The van der Waals surface area contributed by atoms with Gasteiger partial charge in [0.1, 0.15) is 12.6 Å². The van der Waals surface area contributed by atoms with E-state index in [-0.39, 0.29) is 18.9 Å². The number of aromatic nitrogens is 2. The molecular weight excluding hydrogens is 422 g/mol. The Kier molecular flexibility index (Phi) is 4.92. The summed E-state index contributed by atoms with van der Waals surface area (Å²) in [5.41, 5.74) is 2.71. The molecule has 4 rings (SSSR count). The lowest BCUT2D eigenvalue weighted by molar-refractivity contribution is -0.141. The summed E-state index contributed by atoms with van der Waals surface area (Å²) in [5, 5.41) is 14.2. The standard InChI is InChI=1S/C21H18BrN3O3/c22-15-6-5-13-7-8-25(19(13)10-15)12-20(26)24-18(21(27)28)9-14-11-23-17-4-2-1-3-16(14)17/h1-8,10-11,18,23H,9,12H2,(H,24,26)(H,27,28)/t18-/m0/s1. The summed E-state index contributed by atoms with van der Waals surface area (Å²) in [5.74, 6) is -1.40. The highest BCUT2D eigenvalue weighted by Gasteiger charge is 2.22. The van der Waals surface area contributed by atoms with Crippen LogP contribution in [0.5, 0.6) is 0 Å². The van der Waals surface area contributed by atoms with Crippen molar-refractivity contribution in [1.29, 1.82) is 0 Å². The van der Waals surface area contributed by atoms with Crippen LogP contribution < -0.4 is 5.32 Å². The smallest absolute Gasteiger partial charge is 0.326 e. The van der Waals surface area contributed by atoms with Crippen molar-refractivity contribution in [3.8, 4) is 0 Å². The van der Waals surface area contributed by atoms with Crippen molar-refractivity contribution in [3.63, 3.8) is 0 Å². The topological polar surface area (TPSA) is 87.1 Å². The highest BCUT2D eigenvalue weighted by atomic mass is 79.9. The third-order valence-electron chi connectivity index (χ3n) is 4.78. The van der Waals surface area contributed by atoms with Crippen molar-refractivity contribution in [2.24, 2.45) is 0 Å². The first-order valence-corrected chi connectivity index (χ1v) is 9.62. The van der Waals surface area contributed by atoms with Crippen LogP contribution >= 0.6 is 15.9 Å². The molecule has 0 radical (unpaired) electrons. The number of rotatable bonds is 6. The van der Waals surface area contributed by atoms with Gasteiger partial charge in [-0.25, -0.2) is 4.79 Å². The summed E-state index contributed by atoms with van der Waals surface area (Å²) >= 11 is 3.44. The predicted molar refractivity (Wildman–Crippen MR) is 111 cm³/mol. The number of carboxylic acid groups (broad SMARTS) is 1. The molecule has 0 aliphatic heterocycles. The average Bonchev–Trinajstić information content (AvgIpc) is 3.25. The van der Waals surface area contributed by atoms with Gasteiger partial charge in [0.2, 0.25) is 5.91 Å². The zero-order valence-electron chi connectivity index (χ0n) is 14.9. The molecule has 4 aromatic rings. The Hall–Kier alpha value is -3.06. The second-order valence-electron chi connectivity index (χ2n) is 6.67. The van der Waals surface area contributed by atoms with Gasteiger partial charge in [0.05, 0.1) is 0 Å². The summed E-state index contributed by atoms with van der Waals surface area (Å²) in [6, 6.07) is 14.5. The molecule has 0 saturated heterocycles. The van der Waals surface area contributed by atoms with Crippen LogP contribution in [0.4, 0.5) is 0 Å². The van der Waals surface area contributed by atoms with Crippen LogP contribution in [-0.2, 0) is 22.6 Å². The van der Waals surface area contributed by atoms with E-state index in [1.807, 2.05) is 54.7 Å². The highest BCUT2D eigenvalue weighted by molar-refractivity contribution is 9.10. The maximum atomic E-state index is 12.5. The Balaban J connectivity index is 1.50. The first-order valence-electron chi connectivity index (χ1n) is 8.83. The number of carboxylic acids is 1. The van der Waals surface area contributed by atoms with Crippen molar-refractivity contribution in [1.82, 2.24) is 14.9 Å². The molecule has 6 nitrogen and oxygen atoms in total. The Morgan fingerprint density at radius 2 is 2.00 bits per heavy atom. The van der Waals surface area contributed by atoms with Crippen LogP contribution in [0, 0.1) is 0 Å². The van der Waals surface area contributed by atoms with Crippen molar-refractivity contribution >= 4 is 49.6 Å². The maximum Gasteiger partial charge on any atom is 0.326 e. The van der Waals surface area contributed by atoms with Crippen LogP contribution in [0.25, 0.3) is 21.8 Å². The summed E-state index contributed by atoms with van der Waals surface area (Å²) < 4.78 is 2.73. The molecule has 3 N–H and O–H groups in total. The minimum Gasteiger partial charge on any atom is -0.480 e. The summed E-state index contributed by atoms with van der Waals surface area (Å²) in [6.07, 6.45) is 3.83. The van der Waals surface area contributed by atoms with E-state index in [0.717, 1.165) is 31.8 Å². The fourth-order valence-electron chi connectivity index (χ4n) is 3.41. The van der Waals surface area contributed by atoms with Crippen molar-refractivity contribution in [3.05, 3.63) is 71.0 Å². The van der Waals surface area contributed by atoms with Crippen LogP contribution in [0.3, 0.4) is 0 Å². The van der Waals surface area contributed by atoms with Gasteiger partial charge in [-0.1, -0.05) is 40.2 Å². The zero-order valence-corrected chi connectivity index (χ0v) is 16.4. The molecule has 0 fully saturated rings. The third-order valence-corrected chi connectivity index (χ3v) is 5.28. The van der Waals surface area contributed by atoms with E-state index in [2.05, 4.69) is 26.2 Å². The number of fused-ring (bicyclic) bond motifs is 2. The molecule has 1 atom stereocenters. The monoisotopic (exact) mass is 439 g/mol. The number of nitrogens with zero attached hydrogens (tertiary/aromatic N) is 1. The van der Waals surface area contributed by atoms with E-state index < -0.39 is 12.0 Å². The van der Waals surface area contributed by atoms with E-state index in [0.29, 0.717) is 0 Å². The minimum atomic E-state index is -1.06. The Labute approximate surface area is 169 Å². The molecule has 142 valence electrons. The molecule has 0 aliphatic carbocycles. The first kappa shape index (κ1) is 18.3. The number of halogens is 1. The van der Waals surface area contributed by atoms with E-state index in [9.17, 15) is 14.7 Å². The van der Waals surface area contributed by atoms with Gasteiger partial charge in [-0.05, 0) is 35.2 Å². The van der Waals surface area contributed by atoms with Gasteiger partial charge >= 0.3 is 5.97 Å². The number of carbonyl (C=O) groups is 2. The molecule has 1 amide bonds. The van der Waals surface area contributed by atoms with E-state index in [1.165, 1.54) is 0 Å². The third kappa shape index (κ3) is 3.66. The Bertz CT molecular complexity index is 1180. The van der Waals surface area contributed by atoms with Gasteiger partial charge in [-0.2, -0.15) is 0 Å². The van der Waals surface area contributed by atoms with Crippen LogP contribution in [0.1, 0.15) is 5.56 Å².